The summed E-state index contributed by atoms with van der Waals surface area (Å²) in [6.07, 6.45) is 2.50. The van der Waals surface area contributed by atoms with Crippen molar-refractivity contribution in [2.24, 2.45) is 0 Å². The Labute approximate surface area is 147 Å². The molecule has 0 radical (unpaired) electrons. The summed E-state index contributed by atoms with van der Waals surface area (Å²) in [5.74, 6) is -0.572. The molecule has 1 unspecified atom stereocenters. The number of ether oxygens (including phenoxy) is 2. The molecule has 4 nitrogen and oxygen atoms in total. The molecule has 3 rings (SSSR count). The average Bonchev–Trinajstić information content (AvgIpc) is 2.59. The number of esters is 2. The lowest BCUT2D eigenvalue weighted by atomic mass is 9.80. The van der Waals surface area contributed by atoms with Crippen LogP contribution in [0.5, 0.6) is 0 Å². The fourth-order valence-electron chi connectivity index (χ4n) is 3.46. The summed E-state index contributed by atoms with van der Waals surface area (Å²) >= 11 is 0. The highest BCUT2D eigenvalue weighted by molar-refractivity contribution is 6.02. The van der Waals surface area contributed by atoms with E-state index in [0.29, 0.717) is 13.2 Å². The Kier molecular flexibility index (Phi) is 5.17. The van der Waals surface area contributed by atoms with Gasteiger partial charge in [-0.3, -0.25) is 9.59 Å². The minimum Gasteiger partial charge on any atom is -0.466 e. The van der Waals surface area contributed by atoms with Gasteiger partial charge in [-0.15, -0.1) is 0 Å². The summed E-state index contributed by atoms with van der Waals surface area (Å²) in [4.78, 5) is 24.0. The summed E-state index contributed by atoms with van der Waals surface area (Å²) in [6, 6.07) is 12.2. The van der Waals surface area contributed by atoms with Crippen LogP contribution in [0.3, 0.4) is 0 Å². The van der Waals surface area contributed by atoms with Gasteiger partial charge in [0.1, 0.15) is 0 Å². The molecule has 0 bridgehead atoms. The lowest BCUT2D eigenvalue weighted by Gasteiger charge is -2.24. The average molecular weight is 338 g/mol. The largest absolute Gasteiger partial charge is 0.466 e. The zero-order valence-electron chi connectivity index (χ0n) is 14.6. The lowest BCUT2D eigenvalue weighted by Crippen LogP contribution is -2.14. The predicted octanol–water partition coefficient (Wildman–Crippen LogP) is 4.23. The number of allylic oxidation sites excluding steroid dienone is 1. The SMILES string of the molecule is CCOC(=O)CC1=CC(CC(=O)OCC)c2cccc3cccc1c23. The normalized spacial score (nSPS) is 15.6. The van der Waals surface area contributed by atoms with E-state index in [4.69, 9.17) is 9.47 Å². The van der Waals surface area contributed by atoms with Gasteiger partial charge in [0, 0.05) is 5.92 Å². The number of carbonyl (C=O) groups is 2. The molecule has 0 spiro atoms. The lowest BCUT2D eigenvalue weighted by molar-refractivity contribution is -0.143. The van der Waals surface area contributed by atoms with Gasteiger partial charge in [0.05, 0.1) is 26.1 Å². The highest BCUT2D eigenvalue weighted by atomic mass is 16.5. The van der Waals surface area contributed by atoms with Gasteiger partial charge < -0.3 is 9.47 Å². The standard InChI is InChI=1S/C21H22O4/c1-3-24-19(22)12-15-11-16(13-20(23)25-4-2)18-10-6-8-14-7-5-9-17(15)21(14)18/h5-11,15H,3-4,12-13H2,1-2H3. The van der Waals surface area contributed by atoms with Crippen LogP contribution < -0.4 is 0 Å². The van der Waals surface area contributed by atoms with Crippen molar-refractivity contribution in [3.8, 4) is 0 Å². The molecular weight excluding hydrogens is 316 g/mol. The molecule has 2 aromatic rings. The van der Waals surface area contributed by atoms with Crippen molar-refractivity contribution in [3.63, 3.8) is 0 Å². The second-order valence-electron chi connectivity index (χ2n) is 6.04. The Hall–Kier alpha value is -2.62. The zero-order chi connectivity index (χ0) is 17.8. The first-order chi connectivity index (χ1) is 12.1. The highest BCUT2D eigenvalue weighted by Crippen LogP contribution is 2.41. The Morgan fingerprint density at radius 2 is 1.64 bits per heavy atom. The van der Waals surface area contributed by atoms with Gasteiger partial charge in [0.2, 0.25) is 0 Å². The molecule has 0 saturated heterocycles. The summed E-state index contributed by atoms with van der Waals surface area (Å²) in [7, 11) is 0. The van der Waals surface area contributed by atoms with E-state index >= 15 is 0 Å². The second-order valence-corrected chi connectivity index (χ2v) is 6.04. The molecule has 0 aliphatic heterocycles. The molecule has 1 aliphatic rings. The van der Waals surface area contributed by atoms with Crippen LogP contribution in [0.4, 0.5) is 0 Å². The van der Waals surface area contributed by atoms with Crippen molar-refractivity contribution < 1.29 is 19.1 Å². The van der Waals surface area contributed by atoms with Crippen molar-refractivity contribution in [1.29, 1.82) is 0 Å². The number of hydrogen-bond donors (Lipinski definition) is 0. The van der Waals surface area contributed by atoms with Crippen LogP contribution in [0, 0.1) is 0 Å². The number of carbonyl (C=O) groups excluding carboxylic acids is 2. The summed E-state index contributed by atoms with van der Waals surface area (Å²) in [5.41, 5.74) is 3.06. The molecule has 0 saturated carbocycles. The van der Waals surface area contributed by atoms with E-state index in [1.54, 1.807) is 13.8 Å². The van der Waals surface area contributed by atoms with E-state index in [1.807, 2.05) is 30.3 Å². The first-order valence-corrected chi connectivity index (χ1v) is 8.68. The van der Waals surface area contributed by atoms with Gasteiger partial charge in [-0.25, -0.2) is 0 Å². The number of hydrogen-bond acceptors (Lipinski definition) is 4. The first-order valence-electron chi connectivity index (χ1n) is 8.68. The molecule has 0 heterocycles. The smallest absolute Gasteiger partial charge is 0.310 e. The van der Waals surface area contributed by atoms with Crippen molar-refractivity contribution in [2.45, 2.75) is 32.6 Å². The van der Waals surface area contributed by atoms with E-state index in [9.17, 15) is 9.59 Å². The topological polar surface area (TPSA) is 52.6 Å². The van der Waals surface area contributed by atoms with Crippen molar-refractivity contribution in [2.75, 3.05) is 13.2 Å². The second kappa shape index (κ2) is 7.51. The number of rotatable bonds is 6. The van der Waals surface area contributed by atoms with Crippen molar-refractivity contribution in [3.05, 3.63) is 53.6 Å². The molecule has 0 amide bonds. The van der Waals surface area contributed by atoms with Gasteiger partial charge in [0.15, 0.2) is 0 Å². The maximum atomic E-state index is 12.0. The van der Waals surface area contributed by atoms with Crippen LogP contribution in [0.15, 0.2) is 42.5 Å². The summed E-state index contributed by atoms with van der Waals surface area (Å²) in [5, 5.41) is 2.22. The number of benzene rings is 2. The van der Waals surface area contributed by atoms with Crippen LogP contribution >= 0.6 is 0 Å². The maximum absolute atomic E-state index is 12.0. The van der Waals surface area contributed by atoms with E-state index < -0.39 is 0 Å². The summed E-state index contributed by atoms with van der Waals surface area (Å²) < 4.78 is 10.2. The molecule has 2 aromatic carbocycles. The fourth-order valence-corrected chi connectivity index (χ4v) is 3.46. The minimum atomic E-state index is -0.250. The van der Waals surface area contributed by atoms with Crippen LogP contribution in [0.25, 0.3) is 16.3 Å². The fraction of sp³-hybridized carbons (Fsp3) is 0.333. The Balaban J connectivity index is 2.04. The quantitative estimate of drug-likeness (QED) is 0.740. The molecule has 25 heavy (non-hydrogen) atoms. The van der Waals surface area contributed by atoms with Crippen molar-refractivity contribution >= 4 is 28.3 Å². The third-order valence-corrected chi connectivity index (χ3v) is 4.42. The third kappa shape index (κ3) is 3.58. The monoisotopic (exact) mass is 338 g/mol. The molecule has 0 N–H and O–H groups in total. The zero-order valence-corrected chi connectivity index (χ0v) is 14.6. The van der Waals surface area contributed by atoms with Gasteiger partial charge in [-0.05, 0) is 41.3 Å². The van der Waals surface area contributed by atoms with Crippen LogP contribution in [-0.2, 0) is 19.1 Å². The molecule has 1 atom stereocenters. The molecule has 1 aliphatic carbocycles. The van der Waals surface area contributed by atoms with Crippen LogP contribution in [0.1, 0.15) is 43.7 Å². The third-order valence-electron chi connectivity index (χ3n) is 4.42. The maximum Gasteiger partial charge on any atom is 0.310 e. The minimum absolute atomic E-state index is 0.0953. The molecular formula is C21H22O4. The van der Waals surface area contributed by atoms with Crippen LogP contribution in [-0.4, -0.2) is 25.2 Å². The van der Waals surface area contributed by atoms with Crippen LogP contribution in [0.2, 0.25) is 0 Å². The molecule has 0 fully saturated rings. The van der Waals surface area contributed by atoms with Gasteiger partial charge in [-0.2, -0.15) is 0 Å². The van der Waals surface area contributed by atoms with E-state index in [-0.39, 0.29) is 30.7 Å². The molecule has 130 valence electrons. The Morgan fingerprint density at radius 1 is 0.960 bits per heavy atom. The molecule has 4 heteroatoms. The van der Waals surface area contributed by atoms with Crippen molar-refractivity contribution in [1.82, 2.24) is 0 Å². The first kappa shape index (κ1) is 17.2. The van der Waals surface area contributed by atoms with Gasteiger partial charge in [-0.1, -0.05) is 42.5 Å². The van der Waals surface area contributed by atoms with E-state index in [1.165, 1.54) is 0 Å². The molecule has 0 aromatic heterocycles. The summed E-state index contributed by atoms with van der Waals surface area (Å²) in [6.45, 7) is 4.33. The van der Waals surface area contributed by atoms with E-state index in [0.717, 1.165) is 27.5 Å². The van der Waals surface area contributed by atoms with Gasteiger partial charge in [0.25, 0.3) is 0 Å². The Bertz CT molecular complexity index is 830. The highest BCUT2D eigenvalue weighted by Gasteiger charge is 2.25. The predicted molar refractivity (Wildman–Crippen MR) is 97.2 cm³/mol. The van der Waals surface area contributed by atoms with Gasteiger partial charge >= 0.3 is 11.9 Å². The van der Waals surface area contributed by atoms with E-state index in [2.05, 4.69) is 12.1 Å². The Morgan fingerprint density at radius 3 is 2.36 bits per heavy atom.